The zero-order chi connectivity index (χ0) is 15.2. The van der Waals surface area contributed by atoms with Crippen LogP contribution in [-0.2, 0) is 15.8 Å². The summed E-state index contributed by atoms with van der Waals surface area (Å²) >= 11 is 0. The molecule has 0 spiro atoms. The Kier molecular flexibility index (Phi) is 5.31. The van der Waals surface area contributed by atoms with Crippen LogP contribution in [0.2, 0.25) is 0 Å². The van der Waals surface area contributed by atoms with Gasteiger partial charge in [-0.05, 0) is 30.7 Å². The highest BCUT2D eigenvalue weighted by Gasteiger charge is 2.30. The van der Waals surface area contributed by atoms with E-state index in [0.29, 0.717) is 5.56 Å². The second kappa shape index (κ2) is 6.74. The number of carboxylic acids is 1. The molecule has 0 fully saturated rings. The fourth-order valence-electron chi connectivity index (χ4n) is 1.22. The summed E-state index contributed by atoms with van der Waals surface area (Å²) in [5, 5.41) is 11.8. The van der Waals surface area contributed by atoms with Crippen LogP contribution in [0.4, 0.5) is 13.2 Å². The predicted octanol–water partition coefficient (Wildman–Crippen LogP) is 3.20. The standard InChI is InChI=1S/C13H12F3NO3/c1-9(12(18)19)17-20-7-3-5-10-4-2-6-11(8-10)13(14,15)16/h2-6,8H,7H2,1H3,(H,18,19)/b5-3+,17-9-. The van der Waals surface area contributed by atoms with Crippen molar-refractivity contribution in [3.05, 3.63) is 41.5 Å². The second-order valence-corrected chi connectivity index (χ2v) is 3.80. The molecule has 0 aliphatic carbocycles. The van der Waals surface area contributed by atoms with Crippen molar-refractivity contribution in [2.75, 3.05) is 6.61 Å². The molecule has 0 atom stereocenters. The fraction of sp³-hybridized carbons (Fsp3) is 0.231. The summed E-state index contributed by atoms with van der Waals surface area (Å²) in [5.41, 5.74) is -0.583. The number of alkyl halides is 3. The molecule has 0 unspecified atom stereocenters. The van der Waals surface area contributed by atoms with Gasteiger partial charge in [0.25, 0.3) is 0 Å². The quantitative estimate of drug-likeness (QED) is 0.514. The maximum absolute atomic E-state index is 12.5. The van der Waals surface area contributed by atoms with Crippen LogP contribution in [0.1, 0.15) is 18.1 Å². The van der Waals surface area contributed by atoms with E-state index in [0.717, 1.165) is 12.1 Å². The van der Waals surface area contributed by atoms with Gasteiger partial charge in [0, 0.05) is 0 Å². The molecule has 0 radical (unpaired) electrons. The van der Waals surface area contributed by atoms with E-state index in [1.165, 1.54) is 31.2 Å². The maximum Gasteiger partial charge on any atom is 0.416 e. The van der Waals surface area contributed by atoms with Crippen molar-refractivity contribution < 1.29 is 27.9 Å². The van der Waals surface area contributed by atoms with Gasteiger partial charge in [-0.2, -0.15) is 13.2 Å². The first kappa shape index (κ1) is 15.7. The summed E-state index contributed by atoms with van der Waals surface area (Å²) < 4.78 is 37.4. The molecule has 0 heterocycles. The molecule has 1 aromatic carbocycles. The number of carbonyl (C=O) groups is 1. The molecule has 20 heavy (non-hydrogen) atoms. The van der Waals surface area contributed by atoms with Crippen LogP contribution in [0.15, 0.2) is 35.5 Å². The highest BCUT2D eigenvalue weighted by Crippen LogP contribution is 2.29. The van der Waals surface area contributed by atoms with Crippen molar-refractivity contribution in [1.29, 1.82) is 0 Å². The first-order valence-electron chi connectivity index (χ1n) is 5.54. The highest BCUT2D eigenvalue weighted by atomic mass is 19.4. The van der Waals surface area contributed by atoms with E-state index >= 15 is 0 Å². The summed E-state index contributed by atoms with van der Waals surface area (Å²) in [4.78, 5) is 15.1. The minimum absolute atomic E-state index is 0.0408. The Labute approximate surface area is 113 Å². The SMILES string of the molecule is C/C(=N/OC/C=C/c1cccc(C(F)(F)F)c1)C(=O)O. The lowest BCUT2D eigenvalue weighted by Gasteiger charge is -2.06. The molecule has 0 saturated heterocycles. The van der Waals surface area contributed by atoms with Crippen molar-refractivity contribution in [3.8, 4) is 0 Å². The first-order valence-corrected chi connectivity index (χ1v) is 5.54. The number of carboxylic acid groups (broad SMARTS) is 1. The monoisotopic (exact) mass is 287 g/mol. The minimum Gasteiger partial charge on any atom is -0.477 e. The largest absolute Gasteiger partial charge is 0.477 e. The van der Waals surface area contributed by atoms with Crippen LogP contribution >= 0.6 is 0 Å². The normalized spacial score (nSPS) is 12.7. The summed E-state index contributed by atoms with van der Waals surface area (Å²) in [6.45, 7) is 1.22. The predicted molar refractivity (Wildman–Crippen MR) is 67.2 cm³/mol. The lowest BCUT2D eigenvalue weighted by Crippen LogP contribution is -2.08. The van der Waals surface area contributed by atoms with E-state index < -0.39 is 17.7 Å². The lowest BCUT2D eigenvalue weighted by atomic mass is 10.1. The van der Waals surface area contributed by atoms with Gasteiger partial charge in [-0.15, -0.1) is 0 Å². The Hall–Kier alpha value is -2.31. The average Bonchev–Trinajstić information content (AvgIpc) is 2.37. The summed E-state index contributed by atoms with van der Waals surface area (Å²) in [5.74, 6) is -1.20. The molecule has 0 saturated carbocycles. The van der Waals surface area contributed by atoms with Gasteiger partial charge in [0.2, 0.25) is 0 Å². The van der Waals surface area contributed by atoms with Crippen LogP contribution in [0.3, 0.4) is 0 Å². The summed E-state index contributed by atoms with van der Waals surface area (Å²) in [6.07, 6.45) is -1.52. The zero-order valence-electron chi connectivity index (χ0n) is 10.5. The molecular formula is C13H12F3NO3. The number of benzene rings is 1. The molecule has 0 aliphatic rings. The Morgan fingerprint density at radius 2 is 2.15 bits per heavy atom. The van der Waals surface area contributed by atoms with Crippen LogP contribution in [0.5, 0.6) is 0 Å². The van der Waals surface area contributed by atoms with E-state index in [1.54, 1.807) is 0 Å². The van der Waals surface area contributed by atoms with Gasteiger partial charge in [-0.1, -0.05) is 23.4 Å². The van der Waals surface area contributed by atoms with Crippen LogP contribution in [-0.4, -0.2) is 23.4 Å². The van der Waals surface area contributed by atoms with Crippen molar-refractivity contribution in [2.24, 2.45) is 5.16 Å². The third kappa shape index (κ3) is 5.13. The van der Waals surface area contributed by atoms with E-state index in [2.05, 4.69) is 9.99 Å². The van der Waals surface area contributed by atoms with Gasteiger partial charge in [0.05, 0.1) is 5.56 Å². The number of rotatable bonds is 5. The summed E-state index contributed by atoms with van der Waals surface area (Å²) in [6, 6.07) is 4.80. The Morgan fingerprint density at radius 3 is 2.75 bits per heavy atom. The number of aliphatic carboxylic acids is 1. The minimum atomic E-state index is -4.39. The molecule has 1 rings (SSSR count). The maximum atomic E-state index is 12.5. The Bertz CT molecular complexity index is 536. The topological polar surface area (TPSA) is 58.9 Å². The Balaban J connectivity index is 2.59. The average molecular weight is 287 g/mol. The molecule has 1 N–H and O–H groups in total. The smallest absolute Gasteiger partial charge is 0.416 e. The van der Waals surface area contributed by atoms with Gasteiger partial charge in [0.15, 0.2) is 5.71 Å². The number of nitrogens with zero attached hydrogens (tertiary/aromatic N) is 1. The molecule has 0 bridgehead atoms. The highest BCUT2D eigenvalue weighted by molar-refractivity contribution is 6.34. The van der Waals surface area contributed by atoms with E-state index in [1.807, 2.05) is 0 Å². The van der Waals surface area contributed by atoms with Crippen molar-refractivity contribution in [3.63, 3.8) is 0 Å². The van der Waals surface area contributed by atoms with Gasteiger partial charge in [-0.25, -0.2) is 4.79 Å². The van der Waals surface area contributed by atoms with Gasteiger partial charge in [-0.3, -0.25) is 0 Å². The molecule has 0 aromatic heterocycles. The summed E-state index contributed by atoms with van der Waals surface area (Å²) in [7, 11) is 0. The van der Waals surface area contributed by atoms with Gasteiger partial charge < -0.3 is 9.94 Å². The van der Waals surface area contributed by atoms with Crippen LogP contribution in [0.25, 0.3) is 6.08 Å². The van der Waals surface area contributed by atoms with E-state index in [9.17, 15) is 18.0 Å². The third-order valence-corrected chi connectivity index (χ3v) is 2.21. The lowest BCUT2D eigenvalue weighted by molar-refractivity contribution is -0.137. The molecular weight excluding hydrogens is 275 g/mol. The zero-order valence-corrected chi connectivity index (χ0v) is 10.5. The van der Waals surface area contributed by atoms with Crippen molar-refractivity contribution >= 4 is 17.8 Å². The number of oxime groups is 1. The second-order valence-electron chi connectivity index (χ2n) is 3.80. The molecule has 7 heteroatoms. The fourth-order valence-corrected chi connectivity index (χ4v) is 1.22. The molecule has 0 aliphatic heterocycles. The van der Waals surface area contributed by atoms with E-state index in [-0.39, 0.29) is 12.3 Å². The molecule has 4 nitrogen and oxygen atoms in total. The molecule has 108 valence electrons. The van der Waals surface area contributed by atoms with Crippen LogP contribution < -0.4 is 0 Å². The number of hydrogen-bond acceptors (Lipinski definition) is 3. The first-order chi connectivity index (χ1) is 9.30. The van der Waals surface area contributed by atoms with E-state index in [4.69, 9.17) is 5.11 Å². The number of halogens is 3. The third-order valence-electron chi connectivity index (χ3n) is 2.21. The van der Waals surface area contributed by atoms with Crippen molar-refractivity contribution in [2.45, 2.75) is 13.1 Å². The number of hydrogen-bond donors (Lipinski definition) is 1. The Morgan fingerprint density at radius 1 is 1.45 bits per heavy atom. The van der Waals surface area contributed by atoms with Crippen LogP contribution in [0, 0.1) is 0 Å². The van der Waals surface area contributed by atoms with Gasteiger partial charge >= 0.3 is 12.1 Å². The molecule has 0 amide bonds. The van der Waals surface area contributed by atoms with Gasteiger partial charge in [0.1, 0.15) is 6.61 Å². The molecule has 1 aromatic rings. The van der Waals surface area contributed by atoms with Crippen molar-refractivity contribution in [1.82, 2.24) is 0 Å².